The van der Waals surface area contributed by atoms with Crippen molar-refractivity contribution in [3.05, 3.63) is 0 Å². The zero-order chi connectivity index (χ0) is 7.83. The smallest absolute Gasteiger partial charge is 0.303 e. The van der Waals surface area contributed by atoms with Crippen molar-refractivity contribution in [3.8, 4) is 0 Å². The zero-order valence-corrected chi connectivity index (χ0v) is 4.93. The molecule has 10 heavy (non-hydrogen) atoms. The lowest BCUT2D eigenvalue weighted by Crippen LogP contribution is -2.63. The average Bonchev–Trinajstić information content (AvgIpc) is 1.56. The van der Waals surface area contributed by atoms with Crippen LogP contribution in [0.4, 0.5) is 17.6 Å². The van der Waals surface area contributed by atoms with Crippen LogP contribution < -0.4 is 10.6 Å². The lowest BCUT2D eigenvalue weighted by atomic mass is 10.3. The van der Waals surface area contributed by atoms with Crippen LogP contribution in [0.5, 0.6) is 0 Å². The Morgan fingerprint density at radius 3 is 1.50 bits per heavy atom. The van der Waals surface area contributed by atoms with Gasteiger partial charge in [0.15, 0.2) is 0 Å². The average molecular weight is 158 g/mol. The minimum Gasteiger partial charge on any atom is -0.303 e. The molecule has 1 fully saturated rings. The van der Waals surface area contributed by atoms with Crippen LogP contribution in [0.1, 0.15) is 0 Å². The van der Waals surface area contributed by atoms with E-state index >= 15 is 0 Å². The fourth-order valence-corrected chi connectivity index (χ4v) is 0.732. The van der Waals surface area contributed by atoms with Gasteiger partial charge in [0.1, 0.15) is 0 Å². The van der Waals surface area contributed by atoms with Crippen LogP contribution in [0.3, 0.4) is 0 Å². The summed E-state index contributed by atoms with van der Waals surface area (Å²) in [4.78, 5) is 0. The SMILES string of the molecule is FC1(F)CNCC(F)(F)N1. The molecular weight excluding hydrogens is 152 g/mol. The summed E-state index contributed by atoms with van der Waals surface area (Å²) in [7, 11) is 0. The number of alkyl halides is 4. The van der Waals surface area contributed by atoms with Crippen molar-refractivity contribution in [2.75, 3.05) is 13.1 Å². The molecule has 0 aromatic carbocycles. The topological polar surface area (TPSA) is 24.1 Å². The van der Waals surface area contributed by atoms with E-state index in [0.29, 0.717) is 0 Å². The van der Waals surface area contributed by atoms with Gasteiger partial charge < -0.3 is 5.32 Å². The van der Waals surface area contributed by atoms with Crippen LogP contribution in [-0.4, -0.2) is 25.2 Å². The van der Waals surface area contributed by atoms with Gasteiger partial charge in [-0.3, -0.25) is 0 Å². The summed E-state index contributed by atoms with van der Waals surface area (Å²) >= 11 is 0. The number of halogens is 4. The van der Waals surface area contributed by atoms with Gasteiger partial charge in [-0.05, 0) is 0 Å². The van der Waals surface area contributed by atoms with Gasteiger partial charge in [0, 0.05) is 0 Å². The van der Waals surface area contributed by atoms with Gasteiger partial charge in [-0.1, -0.05) is 0 Å². The highest BCUT2D eigenvalue weighted by Crippen LogP contribution is 2.20. The van der Waals surface area contributed by atoms with Crippen LogP contribution in [0.2, 0.25) is 0 Å². The van der Waals surface area contributed by atoms with Crippen LogP contribution >= 0.6 is 0 Å². The first-order chi connectivity index (χ1) is 4.41. The van der Waals surface area contributed by atoms with E-state index in [0.717, 1.165) is 5.32 Å². The minimum atomic E-state index is -3.50. The van der Waals surface area contributed by atoms with Crippen LogP contribution in [0.15, 0.2) is 0 Å². The highest BCUT2D eigenvalue weighted by molar-refractivity contribution is 4.81. The predicted molar refractivity (Wildman–Crippen MR) is 25.9 cm³/mol. The first-order valence-electron chi connectivity index (χ1n) is 2.67. The number of piperazine rings is 1. The Morgan fingerprint density at radius 1 is 0.900 bits per heavy atom. The summed E-state index contributed by atoms with van der Waals surface area (Å²) in [6.07, 6.45) is 0. The summed E-state index contributed by atoms with van der Waals surface area (Å²) < 4.78 is 48.2. The lowest BCUT2D eigenvalue weighted by molar-refractivity contribution is -0.168. The van der Waals surface area contributed by atoms with Crippen LogP contribution in [0.25, 0.3) is 0 Å². The predicted octanol–water partition coefficient (Wildman–Crippen LogP) is 0.365. The van der Waals surface area contributed by atoms with E-state index in [2.05, 4.69) is 0 Å². The summed E-state index contributed by atoms with van der Waals surface area (Å²) in [6, 6.07) is -7.00. The van der Waals surface area contributed by atoms with Crippen LogP contribution in [-0.2, 0) is 0 Å². The molecule has 1 rings (SSSR count). The molecule has 6 heteroatoms. The normalized spacial score (nSPS) is 30.0. The quantitative estimate of drug-likeness (QED) is 0.393. The maximum absolute atomic E-state index is 12.0. The fraction of sp³-hybridized carbons (Fsp3) is 1.00. The molecule has 0 aromatic heterocycles. The number of nitrogens with one attached hydrogen (secondary N) is 2. The van der Waals surface area contributed by atoms with E-state index in [9.17, 15) is 17.6 Å². The molecule has 0 radical (unpaired) electrons. The molecule has 0 saturated carbocycles. The molecular formula is C4H6F4N2. The van der Waals surface area contributed by atoms with Gasteiger partial charge in [0.25, 0.3) is 0 Å². The summed E-state index contributed by atoms with van der Waals surface area (Å²) in [6.45, 7) is -1.49. The van der Waals surface area contributed by atoms with Gasteiger partial charge in [-0.25, -0.2) is 0 Å². The van der Waals surface area contributed by atoms with E-state index in [1.807, 2.05) is 5.32 Å². The Hall–Kier alpha value is -0.360. The van der Waals surface area contributed by atoms with Gasteiger partial charge in [-0.2, -0.15) is 22.9 Å². The Kier molecular flexibility index (Phi) is 1.60. The van der Waals surface area contributed by atoms with Gasteiger partial charge in [-0.15, -0.1) is 0 Å². The Bertz CT molecular complexity index is 121. The molecule has 0 bridgehead atoms. The van der Waals surface area contributed by atoms with E-state index in [-0.39, 0.29) is 0 Å². The van der Waals surface area contributed by atoms with E-state index in [1.165, 1.54) is 0 Å². The second-order valence-corrected chi connectivity index (χ2v) is 2.14. The van der Waals surface area contributed by atoms with E-state index in [4.69, 9.17) is 0 Å². The van der Waals surface area contributed by atoms with Gasteiger partial charge in [0.05, 0.1) is 13.1 Å². The molecule has 1 aliphatic rings. The second kappa shape index (κ2) is 2.06. The highest BCUT2D eigenvalue weighted by Gasteiger charge is 2.45. The van der Waals surface area contributed by atoms with E-state index < -0.39 is 25.2 Å². The van der Waals surface area contributed by atoms with Crippen molar-refractivity contribution in [1.82, 2.24) is 10.6 Å². The molecule has 0 spiro atoms. The Labute approximate surface area is 54.6 Å². The number of hydrogen-bond donors (Lipinski definition) is 2. The van der Waals surface area contributed by atoms with Crippen molar-refractivity contribution >= 4 is 0 Å². The zero-order valence-electron chi connectivity index (χ0n) is 4.93. The standard InChI is InChI=1S/C4H6F4N2/c5-3(6)1-9-2-4(7,8)10-3/h9-10H,1-2H2. The van der Waals surface area contributed by atoms with Crippen molar-refractivity contribution < 1.29 is 17.6 Å². The molecule has 2 N–H and O–H groups in total. The van der Waals surface area contributed by atoms with Crippen molar-refractivity contribution in [1.29, 1.82) is 0 Å². The number of hydrogen-bond acceptors (Lipinski definition) is 2. The third-order valence-electron chi connectivity index (χ3n) is 1.06. The molecule has 0 aliphatic carbocycles. The first-order valence-corrected chi connectivity index (χ1v) is 2.67. The maximum atomic E-state index is 12.0. The third kappa shape index (κ3) is 1.81. The van der Waals surface area contributed by atoms with Gasteiger partial charge >= 0.3 is 12.1 Å². The molecule has 1 saturated heterocycles. The molecule has 0 aromatic rings. The maximum Gasteiger partial charge on any atom is 0.319 e. The largest absolute Gasteiger partial charge is 0.319 e. The van der Waals surface area contributed by atoms with Crippen molar-refractivity contribution in [3.63, 3.8) is 0 Å². The minimum absolute atomic E-state index is 0.747. The van der Waals surface area contributed by atoms with Crippen molar-refractivity contribution in [2.24, 2.45) is 0 Å². The van der Waals surface area contributed by atoms with Crippen molar-refractivity contribution in [2.45, 2.75) is 12.1 Å². The monoisotopic (exact) mass is 158 g/mol. The number of rotatable bonds is 0. The molecule has 0 unspecified atom stereocenters. The highest BCUT2D eigenvalue weighted by atomic mass is 19.3. The molecule has 1 aliphatic heterocycles. The fourth-order valence-electron chi connectivity index (χ4n) is 0.732. The molecule has 60 valence electrons. The summed E-state index contributed by atoms with van der Waals surface area (Å²) in [5.41, 5.74) is 0. The molecule has 1 heterocycles. The molecule has 0 atom stereocenters. The summed E-state index contributed by atoms with van der Waals surface area (Å²) in [5, 5.41) is 2.81. The van der Waals surface area contributed by atoms with Crippen LogP contribution in [0, 0.1) is 0 Å². The van der Waals surface area contributed by atoms with Gasteiger partial charge in [0.2, 0.25) is 0 Å². The lowest BCUT2D eigenvalue weighted by Gasteiger charge is -2.30. The summed E-state index contributed by atoms with van der Waals surface area (Å²) in [5.74, 6) is 0. The molecule has 0 amide bonds. The van der Waals surface area contributed by atoms with E-state index in [1.54, 1.807) is 0 Å². The molecule has 2 nitrogen and oxygen atoms in total. The third-order valence-corrected chi connectivity index (χ3v) is 1.06. The first kappa shape index (κ1) is 7.74. The Morgan fingerprint density at radius 2 is 1.30 bits per heavy atom. The Balaban J connectivity index is 2.56. The second-order valence-electron chi connectivity index (χ2n) is 2.14.